The van der Waals surface area contributed by atoms with Crippen LogP contribution in [0.5, 0.6) is 0 Å². The van der Waals surface area contributed by atoms with Crippen molar-refractivity contribution in [1.82, 2.24) is 15.5 Å². The zero-order chi connectivity index (χ0) is 21.9. The molecule has 0 radical (unpaired) electrons. The van der Waals surface area contributed by atoms with Crippen LogP contribution in [0.4, 0.5) is 0 Å². The summed E-state index contributed by atoms with van der Waals surface area (Å²) in [5, 5.41) is 6.66. The van der Waals surface area contributed by atoms with E-state index < -0.39 is 0 Å². The van der Waals surface area contributed by atoms with Crippen LogP contribution >= 0.6 is 0 Å². The highest BCUT2D eigenvalue weighted by molar-refractivity contribution is 5.94. The van der Waals surface area contributed by atoms with Gasteiger partial charge in [-0.05, 0) is 49.1 Å². The summed E-state index contributed by atoms with van der Waals surface area (Å²) in [6.45, 7) is 6.13. The highest BCUT2D eigenvalue weighted by Gasteiger charge is 2.08. The summed E-state index contributed by atoms with van der Waals surface area (Å²) >= 11 is 0. The number of carbonyl (C=O) groups excluding carboxylic acids is 1. The van der Waals surface area contributed by atoms with Crippen LogP contribution in [0, 0.1) is 0 Å². The summed E-state index contributed by atoms with van der Waals surface area (Å²) in [5.74, 6) is 0.770. The van der Waals surface area contributed by atoms with E-state index in [2.05, 4.69) is 39.9 Å². The summed E-state index contributed by atoms with van der Waals surface area (Å²) in [6, 6.07) is 16.2. The number of amides is 1. The molecule has 0 aliphatic carbocycles. The lowest BCUT2D eigenvalue weighted by atomic mass is 10.1. The number of aliphatic imine (C=N–C) groups is 1. The molecule has 6 heteroatoms. The fourth-order valence-corrected chi connectivity index (χ4v) is 2.87. The van der Waals surface area contributed by atoms with Crippen molar-refractivity contribution < 1.29 is 9.53 Å². The number of carbonyl (C=O) groups is 1. The molecule has 1 amide bonds. The van der Waals surface area contributed by atoms with Gasteiger partial charge in [-0.15, -0.1) is 0 Å². The van der Waals surface area contributed by atoms with Gasteiger partial charge in [0.2, 0.25) is 0 Å². The molecule has 0 saturated carbocycles. The maximum absolute atomic E-state index is 12.1. The van der Waals surface area contributed by atoms with Gasteiger partial charge in [0.1, 0.15) is 0 Å². The standard InChI is InChI=1S/C24H34N4O2/c1-18(2)30-17-21-11-9-20(10-12-21)16-27-24(25-3)26-14-13-19-7-6-8-22(15-19)23(29)28(4)5/h6-12,15,18H,13-14,16-17H2,1-5H3,(H2,25,26,27). The van der Waals surface area contributed by atoms with Gasteiger partial charge in [-0.25, -0.2) is 0 Å². The molecule has 0 heterocycles. The Bertz CT molecular complexity index is 829. The summed E-state index contributed by atoms with van der Waals surface area (Å²) in [4.78, 5) is 18.0. The minimum Gasteiger partial charge on any atom is -0.374 e. The van der Waals surface area contributed by atoms with E-state index in [1.807, 2.05) is 38.1 Å². The van der Waals surface area contributed by atoms with Gasteiger partial charge in [0, 0.05) is 39.8 Å². The lowest BCUT2D eigenvalue weighted by Crippen LogP contribution is -2.37. The highest BCUT2D eigenvalue weighted by atomic mass is 16.5. The van der Waals surface area contributed by atoms with Gasteiger partial charge in [0.25, 0.3) is 5.91 Å². The largest absolute Gasteiger partial charge is 0.374 e. The number of hydrogen-bond acceptors (Lipinski definition) is 3. The molecule has 0 spiro atoms. The van der Waals surface area contributed by atoms with Gasteiger partial charge in [-0.1, -0.05) is 36.4 Å². The Balaban J connectivity index is 1.79. The molecule has 30 heavy (non-hydrogen) atoms. The van der Waals surface area contributed by atoms with Gasteiger partial charge in [0.05, 0.1) is 12.7 Å². The maximum atomic E-state index is 12.1. The summed E-state index contributed by atoms with van der Waals surface area (Å²) in [5.41, 5.74) is 4.18. The molecule has 2 aromatic rings. The van der Waals surface area contributed by atoms with E-state index in [0.29, 0.717) is 18.7 Å². The molecule has 2 N–H and O–H groups in total. The number of nitrogens with zero attached hydrogens (tertiary/aromatic N) is 2. The van der Waals surface area contributed by atoms with Crippen LogP contribution in [0.25, 0.3) is 0 Å². The van der Waals surface area contributed by atoms with Crippen LogP contribution in [-0.2, 0) is 24.3 Å². The van der Waals surface area contributed by atoms with Gasteiger partial charge in [-0.2, -0.15) is 0 Å². The third-order valence-electron chi connectivity index (χ3n) is 4.58. The molecular weight excluding hydrogens is 376 g/mol. The fourth-order valence-electron chi connectivity index (χ4n) is 2.87. The van der Waals surface area contributed by atoms with Gasteiger partial charge >= 0.3 is 0 Å². The van der Waals surface area contributed by atoms with Gasteiger partial charge < -0.3 is 20.3 Å². The lowest BCUT2D eigenvalue weighted by molar-refractivity contribution is 0.0657. The van der Waals surface area contributed by atoms with Crippen molar-refractivity contribution in [3.8, 4) is 0 Å². The van der Waals surface area contributed by atoms with Crippen LogP contribution < -0.4 is 10.6 Å². The molecule has 0 bridgehead atoms. The monoisotopic (exact) mass is 410 g/mol. The summed E-state index contributed by atoms with van der Waals surface area (Å²) in [7, 11) is 5.29. The molecule has 2 rings (SSSR count). The normalized spacial score (nSPS) is 11.5. The predicted octanol–water partition coefficient (Wildman–Crippen LogP) is 3.22. The number of hydrogen-bond donors (Lipinski definition) is 2. The first kappa shape index (κ1) is 23.4. The van der Waals surface area contributed by atoms with Crippen LogP contribution in [0.1, 0.15) is 40.9 Å². The Labute approximate surface area is 180 Å². The molecular formula is C24H34N4O2. The minimum atomic E-state index is 0.0177. The molecule has 162 valence electrons. The Morgan fingerprint density at radius 1 is 1.03 bits per heavy atom. The average molecular weight is 411 g/mol. The smallest absolute Gasteiger partial charge is 0.253 e. The number of rotatable bonds is 9. The summed E-state index contributed by atoms with van der Waals surface area (Å²) in [6.07, 6.45) is 1.04. The second kappa shape index (κ2) is 12.0. The van der Waals surface area contributed by atoms with Crippen molar-refractivity contribution in [3.05, 3.63) is 70.8 Å². The number of nitrogens with one attached hydrogen (secondary N) is 2. The third kappa shape index (κ3) is 7.87. The lowest BCUT2D eigenvalue weighted by Gasteiger charge is -2.13. The highest BCUT2D eigenvalue weighted by Crippen LogP contribution is 2.08. The second-order valence-electron chi connectivity index (χ2n) is 7.68. The Morgan fingerprint density at radius 2 is 1.73 bits per heavy atom. The van der Waals surface area contributed by atoms with Crippen LogP contribution in [0.2, 0.25) is 0 Å². The van der Waals surface area contributed by atoms with Crippen molar-refractivity contribution >= 4 is 11.9 Å². The SMILES string of the molecule is CN=C(NCCc1cccc(C(=O)N(C)C)c1)NCc1ccc(COC(C)C)cc1. The molecule has 0 aliphatic rings. The average Bonchev–Trinajstić information content (AvgIpc) is 2.75. The van der Waals surface area contributed by atoms with Crippen LogP contribution in [0.3, 0.4) is 0 Å². The van der Waals surface area contributed by atoms with E-state index >= 15 is 0 Å². The quantitative estimate of drug-likeness (QED) is 0.492. The van der Waals surface area contributed by atoms with Gasteiger partial charge in [-0.3, -0.25) is 9.79 Å². The molecule has 0 fully saturated rings. The summed E-state index contributed by atoms with van der Waals surface area (Å²) < 4.78 is 5.63. The van der Waals surface area contributed by atoms with Crippen LogP contribution in [-0.4, -0.2) is 50.6 Å². The number of ether oxygens (including phenoxy) is 1. The second-order valence-corrected chi connectivity index (χ2v) is 7.68. The van der Waals surface area contributed by atoms with Crippen molar-refractivity contribution in [3.63, 3.8) is 0 Å². The van der Waals surface area contributed by atoms with Gasteiger partial charge in [0.15, 0.2) is 5.96 Å². The van der Waals surface area contributed by atoms with Crippen molar-refractivity contribution in [2.75, 3.05) is 27.7 Å². The molecule has 0 aromatic heterocycles. The first-order valence-corrected chi connectivity index (χ1v) is 10.3. The number of benzene rings is 2. The Morgan fingerprint density at radius 3 is 2.37 bits per heavy atom. The molecule has 0 unspecified atom stereocenters. The molecule has 6 nitrogen and oxygen atoms in total. The van der Waals surface area contributed by atoms with Crippen molar-refractivity contribution in [2.24, 2.45) is 4.99 Å². The van der Waals surface area contributed by atoms with E-state index in [1.54, 1.807) is 26.0 Å². The molecule has 0 aliphatic heterocycles. The predicted molar refractivity (Wildman–Crippen MR) is 123 cm³/mol. The minimum absolute atomic E-state index is 0.0177. The van der Waals surface area contributed by atoms with E-state index in [1.165, 1.54) is 11.1 Å². The molecule has 2 aromatic carbocycles. The zero-order valence-electron chi connectivity index (χ0n) is 18.7. The van der Waals surface area contributed by atoms with Crippen molar-refractivity contribution in [2.45, 2.75) is 39.5 Å². The number of guanidine groups is 1. The topological polar surface area (TPSA) is 66.0 Å². The van der Waals surface area contributed by atoms with Crippen molar-refractivity contribution in [1.29, 1.82) is 0 Å². The zero-order valence-corrected chi connectivity index (χ0v) is 18.7. The molecule has 0 atom stereocenters. The Kier molecular flexibility index (Phi) is 9.35. The third-order valence-corrected chi connectivity index (χ3v) is 4.58. The Hall–Kier alpha value is -2.86. The van der Waals surface area contributed by atoms with Crippen LogP contribution in [0.15, 0.2) is 53.5 Å². The van der Waals surface area contributed by atoms with E-state index in [4.69, 9.17) is 4.74 Å². The first-order valence-electron chi connectivity index (χ1n) is 10.3. The first-order chi connectivity index (χ1) is 14.4. The maximum Gasteiger partial charge on any atom is 0.253 e. The molecule has 0 saturated heterocycles. The fraction of sp³-hybridized carbons (Fsp3) is 0.417. The van der Waals surface area contributed by atoms with E-state index in [0.717, 1.165) is 24.5 Å². The van der Waals surface area contributed by atoms with E-state index in [9.17, 15) is 4.79 Å². The van der Waals surface area contributed by atoms with E-state index in [-0.39, 0.29) is 12.0 Å².